The smallest absolute Gasteiger partial charge is 0.309 e. The fourth-order valence-electron chi connectivity index (χ4n) is 1.62. The van der Waals surface area contributed by atoms with Gasteiger partial charge in [-0.25, -0.2) is 4.98 Å². The molecule has 1 aromatic heterocycles. The van der Waals surface area contributed by atoms with Crippen LogP contribution in [0.2, 0.25) is 0 Å². The van der Waals surface area contributed by atoms with Crippen LogP contribution in [0.4, 0.5) is 0 Å². The zero-order valence-corrected chi connectivity index (χ0v) is 8.36. The molecule has 0 radical (unpaired) electrons. The van der Waals surface area contributed by atoms with Gasteiger partial charge in [0.15, 0.2) is 0 Å². The minimum Gasteiger partial charge on any atom is -0.465 e. The standard InChI is InChI=1S/C11H16N2O2/c1-3-10-8(6-15-11(10)14)4-9-5-12-7-13(9)2/h5,7-8,10H,3-4,6H2,1-2H3/t8-,10-/m0/s1/i2D3,6D2,8D. The molecule has 0 aromatic carbocycles. The molecule has 0 bridgehead atoms. The summed E-state index contributed by atoms with van der Waals surface area (Å²) in [6.45, 7) is -3.29. The Bertz CT molecular complexity index is 555. The first-order valence-corrected chi connectivity index (χ1v) is 4.77. The van der Waals surface area contributed by atoms with E-state index in [4.69, 9.17) is 8.22 Å². The molecule has 0 aliphatic carbocycles. The van der Waals surface area contributed by atoms with Gasteiger partial charge in [0.25, 0.3) is 0 Å². The number of aromatic nitrogens is 2. The minimum absolute atomic E-state index is 0.172. The van der Waals surface area contributed by atoms with Crippen molar-refractivity contribution in [3.05, 3.63) is 18.2 Å². The first kappa shape index (κ1) is 5.14. The Kier molecular flexibility index (Phi) is 1.39. The summed E-state index contributed by atoms with van der Waals surface area (Å²) in [5, 5.41) is 0. The monoisotopic (exact) mass is 214 g/mol. The Morgan fingerprint density at radius 2 is 2.80 bits per heavy atom. The minimum atomic E-state index is -2.48. The predicted molar refractivity (Wildman–Crippen MR) is 55.1 cm³/mol. The average Bonchev–Trinajstić information content (AvgIpc) is 2.81. The molecule has 0 saturated carbocycles. The highest BCUT2D eigenvalue weighted by molar-refractivity contribution is 5.74. The van der Waals surface area contributed by atoms with E-state index in [-0.39, 0.29) is 18.5 Å². The molecule has 15 heavy (non-hydrogen) atoms. The molecule has 0 N–H and O–H groups in total. The lowest BCUT2D eigenvalue weighted by Gasteiger charge is -2.12. The van der Waals surface area contributed by atoms with Gasteiger partial charge in [-0.3, -0.25) is 4.79 Å². The molecule has 4 heteroatoms. The summed E-state index contributed by atoms with van der Waals surface area (Å²) >= 11 is 0. The van der Waals surface area contributed by atoms with Crippen LogP contribution in [0, 0.1) is 11.8 Å². The third-order valence-corrected chi connectivity index (χ3v) is 2.48. The lowest BCUT2D eigenvalue weighted by molar-refractivity contribution is -0.141. The average molecular weight is 214 g/mol. The van der Waals surface area contributed by atoms with E-state index in [2.05, 4.69) is 9.72 Å². The number of hydrogen-bond donors (Lipinski definition) is 0. The second-order valence-electron chi connectivity index (χ2n) is 3.44. The van der Waals surface area contributed by atoms with Crippen molar-refractivity contribution >= 4 is 5.97 Å². The van der Waals surface area contributed by atoms with Crippen molar-refractivity contribution in [2.24, 2.45) is 18.8 Å². The molecule has 0 spiro atoms. The number of nitrogens with zero attached hydrogens (tertiary/aromatic N) is 2. The number of esters is 1. The third-order valence-electron chi connectivity index (χ3n) is 2.48. The van der Waals surface area contributed by atoms with E-state index in [0.29, 0.717) is 0 Å². The number of aryl methyl sites for hydroxylation is 1. The topological polar surface area (TPSA) is 44.1 Å². The predicted octanol–water partition coefficient (Wildman–Crippen LogP) is 1.16. The number of carbonyl (C=O) groups excluding carboxylic acids is 1. The number of hydrogen-bond acceptors (Lipinski definition) is 3. The van der Waals surface area contributed by atoms with Crippen molar-refractivity contribution < 1.29 is 17.8 Å². The Balaban J connectivity index is 2.41. The Hall–Kier alpha value is -1.32. The van der Waals surface area contributed by atoms with Gasteiger partial charge in [0.1, 0.15) is 0 Å². The van der Waals surface area contributed by atoms with Crippen molar-refractivity contribution in [2.75, 3.05) is 6.56 Å². The molecule has 1 saturated heterocycles. The summed E-state index contributed by atoms with van der Waals surface area (Å²) in [5.74, 6) is -3.60. The maximum atomic E-state index is 11.7. The number of rotatable bonds is 3. The second-order valence-corrected chi connectivity index (χ2v) is 3.44. The number of cyclic esters (lactones) is 1. The summed E-state index contributed by atoms with van der Waals surface area (Å²) in [6, 6.07) is 0. The van der Waals surface area contributed by atoms with E-state index < -0.39 is 31.3 Å². The van der Waals surface area contributed by atoms with Crippen LogP contribution in [0.3, 0.4) is 0 Å². The molecule has 82 valence electrons. The van der Waals surface area contributed by atoms with Gasteiger partial charge in [0.2, 0.25) is 0 Å². The largest absolute Gasteiger partial charge is 0.465 e. The van der Waals surface area contributed by atoms with E-state index in [1.54, 1.807) is 6.92 Å². The van der Waals surface area contributed by atoms with Crippen molar-refractivity contribution in [1.82, 2.24) is 9.55 Å². The molecule has 2 heterocycles. The highest BCUT2D eigenvalue weighted by Crippen LogP contribution is 2.27. The molecule has 2 atom stereocenters. The SMILES string of the molecule is [2H]C([2H])([2H])n1cncc1C[C@]1([2H])[C@H](CC)C(=O)OC1([2H])[2H]. The molecule has 2 rings (SSSR count). The van der Waals surface area contributed by atoms with Crippen LogP contribution < -0.4 is 0 Å². The van der Waals surface area contributed by atoms with E-state index >= 15 is 0 Å². The number of ether oxygens (including phenoxy) is 1. The highest BCUT2D eigenvalue weighted by Gasteiger charge is 2.35. The number of carbonyl (C=O) groups is 1. The van der Waals surface area contributed by atoms with Gasteiger partial charge in [0.05, 0.1) is 21.5 Å². The molecule has 1 aromatic rings. The summed E-state index contributed by atoms with van der Waals surface area (Å²) in [6.07, 6.45) is 2.35. The molecule has 1 aliphatic rings. The van der Waals surface area contributed by atoms with Crippen LogP contribution in [0.15, 0.2) is 12.5 Å². The van der Waals surface area contributed by atoms with Crippen molar-refractivity contribution in [1.29, 1.82) is 0 Å². The first-order chi connectivity index (χ1) is 9.53. The Morgan fingerprint density at radius 1 is 1.93 bits per heavy atom. The van der Waals surface area contributed by atoms with Crippen LogP contribution in [-0.4, -0.2) is 22.1 Å². The van der Waals surface area contributed by atoms with E-state index in [0.717, 1.165) is 10.9 Å². The van der Waals surface area contributed by atoms with Crippen molar-refractivity contribution in [2.45, 2.75) is 19.8 Å². The van der Waals surface area contributed by atoms with Gasteiger partial charge >= 0.3 is 5.97 Å². The molecule has 0 unspecified atom stereocenters. The lowest BCUT2D eigenvalue weighted by Crippen LogP contribution is -2.18. The maximum Gasteiger partial charge on any atom is 0.309 e. The molecule has 0 amide bonds. The van der Waals surface area contributed by atoms with Crippen LogP contribution in [-0.2, 0) is 22.9 Å². The first-order valence-electron chi connectivity index (χ1n) is 7.77. The van der Waals surface area contributed by atoms with Gasteiger partial charge < -0.3 is 9.30 Å². The number of imidazole rings is 1. The van der Waals surface area contributed by atoms with Crippen LogP contribution >= 0.6 is 0 Å². The summed E-state index contributed by atoms with van der Waals surface area (Å²) < 4.78 is 51.8. The molecule has 1 fully saturated rings. The molecular formula is C11H16N2O2. The van der Waals surface area contributed by atoms with Gasteiger partial charge in [-0.1, -0.05) is 6.92 Å². The van der Waals surface area contributed by atoms with Gasteiger partial charge in [0, 0.05) is 30.2 Å². The van der Waals surface area contributed by atoms with Crippen LogP contribution in [0.25, 0.3) is 0 Å². The summed E-state index contributed by atoms with van der Waals surface area (Å²) in [4.78, 5) is 15.5. The highest BCUT2D eigenvalue weighted by atomic mass is 16.5. The van der Waals surface area contributed by atoms with Crippen molar-refractivity contribution in [3.8, 4) is 0 Å². The summed E-state index contributed by atoms with van der Waals surface area (Å²) in [7, 11) is 0. The zero-order chi connectivity index (χ0) is 16.1. The van der Waals surface area contributed by atoms with Gasteiger partial charge in [-0.15, -0.1) is 0 Å². The van der Waals surface area contributed by atoms with Crippen LogP contribution in [0.5, 0.6) is 0 Å². The van der Waals surface area contributed by atoms with E-state index in [1.165, 1.54) is 6.20 Å². The molecular weight excluding hydrogens is 192 g/mol. The van der Waals surface area contributed by atoms with Crippen LogP contribution in [0.1, 0.15) is 27.3 Å². The van der Waals surface area contributed by atoms with E-state index in [1.807, 2.05) is 0 Å². The normalized spacial score (nSPS) is 40.6. The van der Waals surface area contributed by atoms with Gasteiger partial charge in [-0.05, 0) is 12.8 Å². The van der Waals surface area contributed by atoms with E-state index in [9.17, 15) is 4.79 Å². The zero-order valence-electron chi connectivity index (χ0n) is 14.4. The van der Waals surface area contributed by atoms with Gasteiger partial charge in [-0.2, -0.15) is 0 Å². The summed E-state index contributed by atoms with van der Waals surface area (Å²) in [5.41, 5.74) is 0.172. The third kappa shape index (κ3) is 1.89. The maximum absolute atomic E-state index is 11.7. The quantitative estimate of drug-likeness (QED) is 0.709. The fraction of sp³-hybridized carbons (Fsp3) is 0.636. The Morgan fingerprint density at radius 3 is 3.53 bits per heavy atom. The molecule has 1 aliphatic heterocycles. The second kappa shape index (κ2) is 4.04. The molecule has 4 nitrogen and oxygen atoms in total. The fourth-order valence-corrected chi connectivity index (χ4v) is 1.62. The Labute approximate surface area is 97.7 Å². The van der Waals surface area contributed by atoms with Crippen molar-refractivity contribution in [3.63, 3.8) is 0 Å². The lowest BCUT2D eigenvalue weighted by atomic mass is 9.89.